The molecule has 0 spiro atoms. The molecule has 0 N–H and O–H groups in total. The van der Waals surface area contributed by atoms with Crippen molar-refractivity contribution in [3.8, 4) is 23.1 Å². The highest BCUT2D eigenvalue weighted by molar-refractivity contribution is 5.91. The molecule has 9 nitrogen and oxygen atoms in total. The first-order chi connectivity index (χ1) is 17.1. The van der Waals surface area contributed by atoms with Crippen molar-refractivity contribution in [2.45, 2.75) is 52.2 Å². The van der Waals surface area contributed by atoms with Gasteiger partial charge in [-0.15, -0.1) is 0 Å². The Morgan fingerprint density at radius 2 is 1.92 bits per heavy atom. The number of hydrogen-bond acceptors (Lipinski definition) is 7. The summed E-state index contributed by atoms with van der Waals surface area (Å²) in [5.74, 6) is 0.923. The number of fused-ring (bicyclic) bond motifs is 1. The van der Waals surface area contributed by atoms with E-state index >= 15 is 0 Å². The predicted molar refractivity (Wildman–Crippen MR) is 136 cm³/mol. The Morgan fingerprint density at radius 1 is 1.17 bits per heavy atom. The zero-order valence-corrected chi connectivity index (χ0v) is 21.6. The minimum Gasteiger partial charge on any atom is -0.491 e. The van der Waals surface area contributed by atoms with E-state index in [1.54, 1.807) is 4.90 Å². The number of carbonyl (C=O) groups excluding carboxylic acids is 1. The molecule has 0 bridgehead atoms. The van der Waals surface area contributed by atoms with Gasteiger partial charge < -0.3 is 23.7 Å². The van der Waals surface area contributed by atoms with Crippen molar-refractivity contribution in [1.82, 2.24) is 19.4 Å². The minimum absolute atomic E-state index is 0.108. The second-order valence-corrected chi connectivity index (χ2v) is 10.0. The monoisotopic (exact) mass is 491 g/mol. The van der Waals surface area contributed by atoms with E-state index in [0.29, 0.717) is 26.3 Å². The first-order valence-electron chi connectivity index (χ1n) is 12.2. The van der Waals surface area contributed by atoms with Gasteiger partial charge in [0.05, 0.1) is 18.4 Å². The molecule has 0 aliphatic carbocycles. The maximum atomic E-state index is 12.2. The zero-order valence-electron chi connectivity index (χ0n) is 21.6. The fraction of sp³-hybridized carbons (Fsp3) is 0.481. The van der Waals surface area contributed by atoms with Crippen LogP contribution in [0.3, 0.4) is 0 Å². The van der Waals surface area contributed by atoms with Gasteiger partial charge in [-0.1, -0.05) is 0 Å². The van der Waals surface area contributed by atoms with Gasteiger partial charge in [0, 0.05) is 37.3 Å². The first-order valence-corrected chi connectivity index (χ1v) is 12.2. The molecule has 3 heterocycles. The second kappa shape index (κ2) is 10.5. The van der Waals surface area contributed by atoms with Gasteiger partial charge in [-0.25, -0.2) is 14.8 Å². The average molecular weight is 492 g/mol. The van der Waals surface area contributed by atoms with Crippen LogP contribution in [0.4, 0.5) is 4.79 Å². The Bertz CT molecular complexity index is 1280. The van der Waals surface area contributed by atoms with E-state index in [1.165, 1.54) is 0 Å². The third-order valence-electron chi connectivity index (χ3n) is 6.06. The van der Waals surface area contributed by atoms with Gasteiger partial charge >= 0.3 is 6.09 Å². The Labute approximate surface area is 211 Å². The molecule has 3 aromatic rings. The van der Waals surface area contributed by atoms with Gasteiger partial charge in [-0.2, -0.15) is 5.26 Å². The number of nitrogens with zero attached hydrogens (tertiary/aromatic N) is 5. The normalized spacial score (nSPS) is 14.6. The third-order valence-corrected chi connectivity index (χ3v) is 6.06. The summed E-state index contributed by atoms with van der Waals surface area (Å²) in [6.07, 6.45) is 3.32. The Kier molecular flexibility index (Phi) is 7.45. The molecule has 1 fully saturated rings. The largest absolute Gasteiger partial charge is 0.491 e. The summed E-state index contributed by atoms with van der Waals surface area (Å²) in [5.41, 5.74) is 2.85. The molecule has 1 saturated heterocycles. The van der Waals surface area contributed by atoms with E-state index in [0.717, 1.165) is 46.4 Å². The topological polar surface area (TPSA) is 103 Å². The molecule has 9 heteroatoms. The lowest BCUT2D eigenvalue weighted by molar-refractivity contribution is -0.0177. The average Bonchev–Trinajstić information content (AvgIpc) is 3.21. The van der Waals surface area contributed by atoms with Gasteiger partial charge in [-0.05, 0) is 70.4 Å². The standard InChI is InChI=1S/C27H33N5O4/c1-18-16-19(24-21-10-11-31(5)25(21)30-23(17-28)29-24)6-7-22(18)35-15-14-34-20-8-12-32(13-9-20)26(33)36-27(2,3)4/h6-7,10-11,16,20H,8-9,12-15H2,1-5H3. The molecular formula is C27H33N5O4. The van der Waals surface area contributed by atoms with Crippen LogP contribution >= 0.6 is 0 Å². The third kappa shape index (κ3) is 5.94. The van der Waals surface area contributed by atoms with Gasteiger partial charge in [0.15, 0.2) is 0 Å². The van der Waals surface area contributed by atoms with E-state index in [2.05, 4.69) is 16.0 Å². The number of rotatable bonds is 6. The van der Waals surface area contributed by atoms with Crippen molar-refractivity contribution >= 4 is 17.1 Å². The number of nitriles is 1. The minimum atomic E-state index is -0.486. The fourth-order valence-corrected chi connectivity index (χ4v) is 4.26. The molecule has 0 saturated carbocycles. The van der Waals surface area contributed by atoms with Crippen molar-refractivity contribution in [2.24, 2.45) is 7.05 Å². The Morgan fingerprint density at radius 3 is 2.58 bits per heavy atom. The molecule has 190 valence electrons. The molecule has 1 aliphatic heterocycles. The number of hydrogen-bond donors (Lipinski definition) is 0. The Hall–Kier alpha value is -3.64. The molecule has 4 rings (SSSR count). The van der Waals surface area contributed by atoms with Crippen LogP contribution < -0.4 is 4.74 Å². The Balaban J connectivity index is 1.29. The fourth-order valence-electron chi connectivity index (χ4n) is 4.26. The molecular weight excluding hydrogens is 458 g/mol. The van der Waals surface area contributed by atoms with Crippen LogP contribution in [0.2, 0.25) is 0 Å². The second-order valence-electron chi connectivity index (χ2n) is 10.0. The van der Waals surface area contributed by atoms with Gasteiger partial charge in [0.25, 0.3) is 0 Å². The highest BCUT2D eigenvalue weighted by atomic mass is 16.6. The van der Waals surface area contributed by atoms with Crippen LogP contribution in [0.1, 0.15) is 45.0 Å². The summed E-state index contributed by atoms with van der Waals surface area (Å²) >= 11 is 0. The predicted octanol–water partition coefficient (Wildman–Crippen LogP) is 4.61. The van der Waals surface area contributed by atoms with Crippen LogP contribution in [0.25, 0.3) is 22.3 Å². The number of piperidine rings is 1. The number of ether oxygens (including phenoxy) is 3. The van der Waals surface area contributed by atoms with Crippen molar-refractivity contribution < 1.29 is 19.0 Å². The van der Waals surface area contributed by atoms with E-state index in [4.69, 9.17) is 14.2 Å². The number of aromatic nitrogens is 3. The summed E-state index contributed by atoms with van der Waals surface area (Å²) in [6, 6.07) is 9.90. The lowest BCUT2D eigenvalue weighted by Crippen LogP contribution is -2.43. The number of benzene rings is 1. The van der Waals surface area contributed by atoms with E-state index < -0.39 is 5.60 Å². The molecule has 1 aromatic carbocycles. The maximum Gasteiger partial charge on any atom is 0.410 e. The lowest BCUT2D eigenvalue weighted by atomic mass is 10.1. The highest BCUT2D eigenvalue weighted by Gasteiger charge is 2.27. The summed E-state index contributed by atoms with van der Waals surface area (Å²) in [7, 11) is 1.90. The molecule has 0 radical (unpaired) electrons. The van der Waals surface area contributed by atoms with Gasteiger partial charge in [0.2, 0.25) is 5.82 Å². The summed E-state index contributed by atoms with van der Waals surface area (Å²) in [5, 5.41) is 10.2. The van der Waals surface area contributed by atoms with Crippen molar-refractivity contribution in [3.05, 3.63) is 41.9 Å². The summed E-state index contributed by atoms with van der Waals surface area (Å²) in [6.45, 7) is 9.77. The summed E-state index contributed by atoms with van der Waals surface area (Å²) < 4.78 is 19.3. The lowest BCUT2D eigenvalue weighted by Gasteiger charge is -2.33. The van der Waals surface area contributed by atoms with Crippen LogP contribution in [0, 0.1) is 18.3 Å². The van der Waals surface area contributed by atoms with E-state index in [-0.39, 0.29) is 18.0 Å². The molecule has 0 unspecified atom stereocenters. The van der Waals surface area contributed by atoms with Crippen molar-refractivity contribution in [3.63, 3.8) is 0 Å². The molecule has 1 aliphatic rings. The molecule has 1 amide bonds. The maximum absolute atomic E-state index is 12.2. The van der Waals surface area contributed by atoms with Gasteiger partial charge in [-0.3, -0.25) is 0 Å². The zero-order chi connectivity index (χ0) is 25.9. The van der Waals surface area contributed by atoms with Crippen LogP contribution in [0.15, 0.2) is 30.5 Å². The van der Waals surface area contributed by atoms with Crippen molar-refractivity contribution in [1.29, 1.82) is 5.26 Å². The molecule has 36 heavy (non-hydrogen) atoms. The van der Waals surface area contributed by atoms with E-state index in [9.17, 15) is 10.1 Å². The van der Waals surface area contributed by atoms with Crippen LogP contribution in [0.5, 0.6) is 5.75 Å². The van der Waals surface area contributed by atoms with Crippen LogP contribution in [-0.2, 0) is 16.5 Å². The summed E-state index contributed by atoms with van der Waals surface area (Å²) in [4.78, 5) is 22.7. The quantitative estimate of drug-likeness (QED) is 0.464. The van der Waals surface area contributed by atoms with Crippen LogP contribution in [-0.4, -0.2) is 63.5 Å². The highest BCUT2D eigenvalue weighted by Crippen LogP contribution is 2.30. The molecule has 2 aromatic heterocycles. The van der Waals surface area contributed by atoms with Crippen molar-refractivity contribution in [2.75, 3.05) is 26.3 Å². The number of likely N-dealkylation sites (tertiary alicyclic amines) is 1. The number of amides is 1. The SMILES string of the molecule is Cc1cc(-c2nc(C#N)nc3c2ccn3C)ccc1OCCOC1CCN(C(=O)OC(C)(C)C)CC1. The number of carbonyl (C=O) groups is 1. The molecule has 0 atom stereocenters. The number of aryl methyl sites for hydroxylation is 2. The first kappa shape index (κ1) is 25.5. The van der Waals surface area contributed by atoms with Gasteiger partial charge in [0.1, 0.15) is 29.7 Å². The smallest absolute Gasteiger partial charge is 0.410 e. The van der Waals surface area contributed by atoms with E-state index in [1.807, 2.05) is 69.8 Å².